The maximum absolute atomic E-state index is 14.1. The number of nitrogen functional groups attached to an aromatic ring is 2. The first kappa shape index (κ1) is 30.8. The largest absolute Gasteiger partial charge is 0.399 e. The van der Waals surface area contributed by atoms with Crippen molar-refractivity contribution in [3.05, 3.63) is 89.5 Å². The van der Waals surface area contributed by atoms with Gasteiger partial charge < -0.3 is 27.0 Å². The summed E-state index contributed by atoms with van der Waals surface area (Å²) in [5.74, 6) is -0.556. The van der Waals surface area contributed by atoms with E-state index in [0.29, 0.717) is 36.8 Å². The summed E-state index contributed by atoms with van der Waals surface area (Å²) in [5.41, 5.74) is 16.0. The van der Waals surface area contributed by atoms with E-state index >= 15 is 0 Å². The second-order valence-electron chi connectivity index (χ2n) is 10.8. The first-order chi connectivity index (χ1) is 21.3. The van der Waals surface area contributed by atoms with Crippen LogP contribution >= 0.6 is 11.3 Å². The third kappa shape index (κ3) is 7.63. The van der Waals surface area contributed by atoms with Crippen molar-refractivity contribution < 1.29 is 14.4 Å². The Balaban J connectivity index is 1.42. The first-order valence-electron chi connectivity index (χ1n) is 14.7. The van der Waals surface area contributed by atoms with Crippen LogP contribution in [0.1, 0.15) is 30.0 Å². The van der Waals surface area contributed by atoms with Gasteiger partial charge in [0.2, 0.25) is 11.8 Å². The van der Waals surface area contributed by atoms with Gasteiger partial charge in [0.1, 0.15) is 6.04 Å². The lowest BCUT2D eigenvalue weighted by atomic mass is 10.0. The lowest BCUT2D eigenvalue weighted by Crippen LogP contribution is -2.55. The highest BCUT2D eigenvalue weighted by molar-refractivity contribution is 7.22. The maximum Gasteiger partial charge on any atom is 0.332 e. The molecule has 11 nitrogen and oxygen atoms in total. The van der Waals surface area contributed by atoms with Crippen molar-refractivity contribution >= 4 is 50.2 Å². The third-order valence-electron chi connectivity index (χ3n) is 7.50. The van der Waals surface area contributed by atoms with E-state index < -0.39 is 6.04 Å². The number of hydrogen-bond donors (Lipinski definition) is 4. The molecule has 0 bridgehead atoms. The van der Waals surface area contributed by atoms with Crippen LogP contribution in [0.4, 0.5) is 15.6 Å². The zero-order valence-corrected chi connectivity index (χ0v) is 25.6. The standard InChI is InChI=1S/C32H38N8O3S/c1-2-15-40(32(43)35-19-23-7-4-3-5-8-23)39-17-16-38(20-24-9-6-10-27-29(24)37-31(34)44-27)30(42)26(36-28(41)21-39)18-22-11-13-25(33)14-12-22/h3-14,26H,2,15-21,33H2,1H3,(H2,34,37)(H,35,43)(H,36,41)/t26-/m0/s1. The zero-order valence-electron chi connectivity index (χ0n) is 24.7. The molecule has 3 aromatic carbocycles. The fourth-order valence-electron chi connectivity index (χ4n) is 5.31. The number of aromatic nitrogens is 1. The first-order valence-corrected chi connectivity index (χ1v) is 15.5. The Hall–Kier alpha value is -4.68. The van der Waals surface area contributed by atoms with Gasteiger partial charge in [0.15, 0.2) is 5.13 Å². The number of hydrogen-bond acceptors (Lipinski definition) is 8. The number of anilines is 2. The van der Waals surface area contributed by atoms with Crippen LogP contribution in [0.3, 0.4) is 0 Å². The van der Waals surface area contributed by atoms with E-state index in [2.05, 4.69) is 15.6 Å². The molecular weight excluding hydrogens is 576 g/mol. The molecule has 1 aliphatic rings. The molecule has 0 spiro atoms. The van der Waals surface area contributed by atoms with Crippen LogP contribution in [-0.2, 0) is 29.1 Å². The van der Waals surface area contributed by atoms with Crippen molar-refractivity contribution in [1.29, 1.82) is 0 Å². The number of amides is 4. The Morgan fingerprint density at radius 1 is 1.02 bits per heavy atom. The van der Waals surface area contributed by atoms with Crippen molar-refractivity contribution in [2.24, 2.45) is 0 Å². The van der Waals surface area contributed by atoms with E-state index in [0.717, 1.165) is 26.9 Å². The van der Waals surface area contributed by atoms with Crippen LogP contribution in [-0.4, -0.2) is 70.0 Å². The van der Waals surface area contributed by atoms with E-state index in [-0.39, 0.29) is 44.0 Å². The van der Waals surface area contributed by atoms with Crippen LogP contribution in [0, 0.1) is 0 Å². The molecule has 1 atom stereocenters. The molecule has 1 saturated heterocycles. The number of para-hydroxylation sites is 1. The molecule has 0 unspecified atom stereocenters. The van der Waals surface area contributed by atoms with Crippen molar-refractivity contribution in [3.8, 4) is 0 Å². The zero-order chi connectivity index (χ0) is 31.1. The van der Waals surface area contributed by atoms with Crippen LogP contribution in [0.2, 0.25) is 0 Å². The topological polar surface area (TPSA) is 150 Å². The van der Waals surface area contributed by atoms with Crippen LogP contribution in [0.15, 0.2) is 72.8 Å². The van der Waals surface area contributed by atoms with Crippen molar-refractivity contribution in [2.45, 2.75) is 38.9 Å². The number of nitrogens with two attached hydrogens (primary N) is 2. The molecule has 4 aromatic rings. The Kier molecular flexibility index (Phi) is 9.93. The quantitative estimate of drug-likeness (QED) is 0.211. The average Bonchev–Trinajstić information content (AvgIpc) is 3.43. The predicted octanol–water partition coefficient (Wildman–Crippen LogP) is 3.37. The molecule has 2 heterocycles. The Morgan fingerprint density at radius 3 is 2.55 bits per heavy atom. The molecule has 1 aromatic heterocycles. The van der Waals surface area contributed by atoms with Crippen molar-refractivity contribution in [1.82, 2.24) is 30.5 Å². The molecule has 1 aliphatic heterocycles. The summed E-state index contributed by atoms with van der Waals surface area (Å²) in [6, 6.07) is 21.6. The number of carbonyl (C=O) groups excluding carboxylic acids is 3. The number of carbonyl (C=O) groups is 3. The number of benzene rings is 3. The van der Waals surface area contributed by atoms with Gasteiger partial charge in [0.05, 0.1) is 16.8 Å². The second-order valence-corrected chi connectivity index (χ2v) is 11.9. The highest BCUT2D eigenvalue weighted by Crippen LogP contribution is 2.27. The monoisotopic (exact) mass is 614 g/mol. The van der Waals surface area contributed by atoms with Crippen LogP contribution in [0.25, 0.3) is 10.2 Å². The lowest BCUT2D eigenvalue weighted by molar-refractivity contribution is -0.136. The summed E-state index contributed by atoms with van der Waals surface area (Å²) in [5, 5.41) is 9.70. The second kappa shape index (κ2) is 14.2. The van der Waals surface area contributed by atoms with Gasteiger partial charge >= 0.3 is 6.03 Å². The van der Waals surface area contributed by atoms with Gasteiger partial charge in [-0.1, -0.05) is 72.9 Å². The minimum absolute atomic E-state index is 0.0731. The molecule has 0 saturated carbocycles. The smallest absolute Gasteiger partial charge is 0.332 e. The van der Waals surface area contributed by atoms with Gasteiger partial charge in [-0.15, -0.1) is 0 Å². The highest BCUT2D eigenvalue weighted by atomic mass is 32.1. The van der Waals surface area contributed by atoms with Crippen molar-refractivity contribution in [3.63, 3.8) is 0 Å². The van der Waals surface area contributed by atoms with Gasteiger partial charge in [-0.05, 0) is 41.3 Å². The van der Waals surface area contributed by atoms with E-state index in [9.17, 15) is 14.4 Å². The number of rotatable bonds is 9. The molecule has 0 aliphatic carbocycles. The van der Waals surface area contributed by atoms with Crippen LogP contribution < -0.4 is 22.1 Å². The molecule has 4 amide bonds. The van der Waals surface area contributed by atoms with Crippen molar-refractivity contribution in [2.75, 3.05) is 37.6 Å². The summed E-state index contributed by atoms with van der Waals surface area (Å²) in [6.07, 6.45) is 0.984. The molecule has 12 heteroatoms. The minimum atomic E-state index is -0.808. The number of urea groups is 1. The van der Waals surface area contributed by atoms with Gasteiger partial charge in [-0.3, -0.25) is 14.6 Å². The summed E-state index contributed by atoms with van der Waals surface area (Å²) >= 11 is 1.40. The summed E-state index contributed by atoms with van der Waals surface area (Å²) in [7, 11) is 0. The highest BCUT2D eigenvalue weighted by Gasteiger charge is 2.32. The minimum Gasteiger partial charge on any atom is -0.399 e. The average molecular weight is 615 g/mol. The Morgan fingerprint density at radius 2 is 1.80 bits per heavy atom. The third-order valence-corrected chi connectivity index (χ3v) is 8.35. The molecule has 230 valence electrons. The number of fused-ring (bicyclic) bond motifs is 1. The normalized spacial score (nSPS) is 16.2. The SMILES string of the molecule is CCCN(C(=O)NCc1ccccc1)N1CCN(Cc2cccc3sc(N)nc23)C(=O)[C@H](Cc2ccc(N)cc2)NC(=O)C1. The molecule has 1 fully saturated rings. The predicted molar refractivity (Wildman–Crippen MR) is 173 cm³/mol. The van der Waals surface area contributed by atoms with Gasteiger partial charge in [-0.2, -0.15) is 0 Å². The number of thiazole rings is 1. The van der Waals surface area contributed by atoms with Gasteiger partial charge in [-0.25, -0.2) is 14.8 Å². The van der Waals surface area contributed by atoms with E-state index in [4.69, 9.17) is 11.5 Å². The van der Waals surface area contributed by atoms with E-state index in [1.165, 1.54) is 11.3 Å². The fourth-order valence-corrected chi connectivity index (χ4v) is 6.09. The molecule has 0 radical (unpaired) electrons. The Labute approximate surface area is 260 Å². The lowest BCUT2D eigenvalue weighted by Gasteiger charge is -2.35. The number of hydrazine groups is 1. The van der Waals surface area contributed by atoms with Gasteiger partial charge in [0.25, 0.3) is 0 Å². The number of nitrogens with one attached hydrogen (secondary N) is 2. The number of nitrogens with zero attached hydrogens (tertiary/aromatic N) is 4. The van der Waals surface area contributed by atoms with E-state index in [1.807, 2.05) is 67.6 Å². The summed E-state index contributed by atoms with van der Waals surface area (Å²) in [6.45, 7) is 3.51. The molecule has 5 rings (SSSR count). The Bertz CT molecular complexity index is 1590. The summed E-state index contributed by atoms with van der Waals surface area (Å²) in [4.78, 5) is 47.3. The summed E-state index contributed by atoms with van der Waals surface area (Å²) < 4.78 is 0.939. The van der Waals surface area contributed by atoms with E-state index in [1.54, 1.807) is 27.1 Å². The maximum atomic E-state index is 14.1. The van der Waals surface area contributed by atoms with Gasteiger partial charge in [0, 0.05) is 44.8 Å². The molecular formula is C32H38N8O3S. The molecule has 6 N–H and O–H groups in total. The molecule has 44 heavy (non-hydrogen) atoms. The van der Waals surface area contributed by atoms with Crippen LogP contribution in [0.5, 0.6) is 0 Å². The fraction of sp³-hybridized carbons (Fsp3) is 0.312.